The molecule has 20 heavy (non-hydrogen) atoms. The maximum Gasteiger partial charge on any atom is 0.265 e. The van der Waals surface area contributed by atoms with Crippen molar-refractivity contribution in [2.24, 2.45) is 5.73 Å². The molecule has 0 aromatic heterocycles. The van der Waals surface area contributed by atoms with Crippen molar-refractivity contribution >= 4 is 0 Å². The van der Waals surface area contributed by atoms with Crippen molar-refractivity contribution in [1.29, 1.82) is 0 Å². The van der Waals surface area contributed by atoms with Crippen LogP contribution in [0.2, 0.25) is 0 Å². The number of halogens is 2. The highest BCUT2D eigenvalue weighted by atomic mass is 19.3. The molecule has 0 amide bonds. The lowest BCUT2D eigenvalue weighted by molar-refractivity contribution is -0.173. The van der Waals surface area contributed by atoms with Gasteiger partial charge in [0.25, 0.3) is 5.92 Å². The number of nitrogens with two attached hydrogens (primary N) is 1. The third-order valence-electron chi connectivity index (χ3n) is 4.91. The van der Waals surface area contributed by atoms with E-state index in [9.17, 15) is 8.78 Å². The Kier molecular flexibility index (Phi) is 4.72. The first-order valence-electron chi connectivity index (χ1n) is 7.79. The maximum atomic E-state index is 13.7. The van der Waals surface area contributed by atoms with Crippen LogP contribution < -0.4 is 5.73 Å². The Morgan fingerprint density at radius 1 is 1.20 bits per heavy atom. The van der Waals surface area contributed by atoms with Crippen molar-refractivity contribution < 1.29 is 13.5 Å². The second-order valence-electron chi connectivity index (χ2n) is 6.91. The summed E-state index contributed by atoms with van der Waals surface area (Å²) >= 11 is 0. The average molecular weight is 290 g/mol. The first-order chi connectivity index (χ1) is 9.23. The zero-order valence-electron chi connectivity index (χ0n) is 12.9. The lowest BCUT2D eigenvalue weighted by atomic mass is 9.87. The van der Waals surface area contributed by atoms with E-state index in [4.69, 9.17) is 10.5 Å². The predicted molar refractivity (Wildman–Crippen MR) is 76.0 cm³/mol. The lowest BCUT2D eigenvalue weighted by Crippen LogP contribution is -2.57. The molecule has 1 aliphatic carbocycles. The Morgan fingerprint density at radius 2 is 1.80 bits per heavy atom. The third kappa shape index (κ3) is 3.49. The summed E-state index contributed by atoms with van der Waals surface area (Å²) in [5.41, 5.74) is 5.42. The Bertz CT molecular complexity index is 328. The number of hydrogen-bond donors (Lipinski definition) is 1. The molecule has 0 unspecified atom stereocenters. The highest BCUT2D eigenvalue weighted by molar-refractivity contribution is 4.95. The number of piperidine rings is 1. The zero-order valence-corrected chi connectivity index (χ0v) is 12.9. The molecule has 2 aliphatic rings. The van der Waals surface area contributed by atoms with Gasteiger partial charge in [0.05, 0.1) is 17.7 Å². The normalized spacial score (nSPS) is 34.4. The minimum Gasteiger partial charge on any atom is -0.370 e. The van der Waals surface area contributed by atoms with Gasteiger partial charge in [-0.25, -0.2) is 8.78 Å². The van der Waals surface area contributed by atoms with Crippen LogP contribution in [-0.2, 0) is 4.74 Å². The van der Waals surface area contributed by atoms with Gasteiger partial charge in [0, 0.05) is 25.6 Å². The highest BCUT2D eigenvalue weighted by Gasteiger charge is 2.47. The van der Waals surface area contributed by atoms with E-state index in [2.05, 4.69) is 18.7 Å². The van der Waals surface area contributed by atoms with Gasteiger partial charge in [-0.2, -0.15) is 0 Å². The van der Waals surface area contributed by atoms with Crippen LogP contribution in [0.5, 0.6) is 0 Å². The van der Waals surface area contributed by atoms with Crippen LogP contribution in [0, 0.1) is 0 Å². The van der Waals surface area contributed by atoms with E-state index in [0.717, 1.165) is 25.9 Å². The largest absolute Gasteiger partial charge is 0.370 e. The van der Waals surface area contributed by atoms with E-state index in [1.165, 1.54) is 0 Å². The minimum absolute atomic E-state index is 0.105. The molecule has 3 nitrogen and oxygen atoms in total. The number of hydrogen-bond acceptors (Lipinski definition) is 3. The number of alkyl halides is 2. The molecule has 1 saturated carbocycles. The summed E-state index contributed by atoms with van der Waals surface area (Å²) in [4.78, 5) is 2.40. The van der Waals surface area contributed by atoms with Gasteiger partial charge >= 0.3 is 0 Å². The van der Waals surface area contributed by atoms with Gasteiger partial charge in [-0.05, 0) is 46.5 Å². The molecule has 1 aliphatic heterocycles. The lowest BCUT2D eigenvalue weighted by Gasteiger charge is -2.45. The topological polar surface area (TPSA) is 38.5 Å². The summed E-state index contributed by atoms with van der Waals surface area (Å²) in [5.74, 6) is -2.78. The van der Waals surface area contributed by atoms with Gasteiger partial charge in [-0.1, -0.05) is 0 Å². The number of ether oxygens (including phenoxy) is 1. The van der Waals surface area contributed by atoms with Crippen LogP contribution in [0.1, 0.15) is 52.9 Å². The molecule has 1 saturated heterocycles. The summed E-state index contributed by atoms with van der Waals surface area (Å²) in [7, 11) is 0. The monoisotopic (exact) mass is 290 g/mol. The predicted octanol–water partition coefficient (Wildman–Crippen LogP) is 2.78. The summed E-state index contributed by atoms with van der Waals surface area (Å²) < 4.78 is 33.4. The van der Waals surface area contributed by atoms with Gasteiger partial charge in [-0.3, -0.25) is 0 Å². The van der Waals surface area contributed by atoms with E-state index in [1.54, 1.807) is 0 Å². The fourth-order valence-electron chi connectivity index (χ4n) is 3.29. The molecule has 0 bridgehead atoms. The fraction of sp³-hybridized carbons (Fsp3) is 1.00. The number of likely N-dealkylation sites (tertiary alicyclic amines) is 1. The highest BCUT2D eigenvalue weighted by Crippen LogP contribution is 2.37. The van der Waals surface area contributed by atoms with Crippen molar-refractivity contribution in [2.45, 2.75) is 82.6 Å². The number of nitrogens with zero attached hydrogens (tertiary/aromatic N) is 1. The van der Waals surface area contributed by atoms with E-state index >= 15 is 0 Å². The van der Waals surface area contributed by atoms with Crippen molar-refractivity contribution in [3.05, 3.63) is 0 Å². The third-order valence-corrected chi connectivity index (χ3v) is 4.91. The number of rotatable bonds is 3. The molecule has 1 heterocycles. The molecule has 0 aromatic rings. The van der Waals surface area contributed by atoms with Crippen molar-refractivity contribution in [3.8, 4) is 0 Å². The second kappa shape index (κ2) is 5.85. The molecule has 2 fully saturated rings. The molecule has 118 valence electrons. The molecule has 5 heteroatoms. The van der Waals surface area contributed by atoms with Gasteiger partial charge in [0.2, 0.25) is 0 Å². The van der Waals surface area contributed by atoms with Gasteiger partial charge < -0.3 is 15.4 Å². The van der Waals surface area contributed by atoms with Crippen LogP contribution in [-0.4, -0.2) is 47.7 Å². The van der Waals surface area contributed by atoms with Crippen molar-refractivity contribution in [1.82, 2.24) is 4.90 Å². The summed E-state index contributed by atoms with van der Waals surface area (Å²) in [6.07, 6.45) is 2.32. The van der Waals surface area contributed by atoms with E-state index in [0.29, 0.717) is 18.9 Å². The molecule has 2 N–H and O–H groups in total. The molecule has 0 aromatic carbocycles. The minimum atomic E-state index is -2.78. The Hall–Kier alpha value is -0.260. The maximum absolute atomic E-state index is 13.7. The van der Waals surface area contributed by atoms with Gasteiger partial charge in [0.1, 0.15) is 0 Å². The van der Waals surface area contributed by atoms with E-state index in [-0.39, 0.29) is 12.0 Å². The Labute approximate surface area is 120 Å². The SMILES string of the molecule is CC(C)N1CCC(C)(O[C@H]2CCCC(F)(F)[C@@H]2N)CC1. The first kappa shape index (κ1) is 16.1. The van der Waals surface area contributed by atoms with Crippen LogP contribution >= 0.6 is 0 Å². The molecular weight excluding hydrogens is 262 g/mol. The van der Waals surface area contributed by atoms with Crippen molar-refractivity contribution in [2.75, 3.05) is 13.1 Å². The summed E-state index contributed by atoms with van der Waals surface area (Å²) in [6, 6.07) is -0.628. The van der Waals surface area contributed by atoms with Gasteiger partial charge in [0.15, 0.2) is 0 Å². The fourth-order valence-corrected chi connectivity index (χ4v) is 3.29. The van der Waals surface area contributed by atoms with Crippen molar-refractivity contribution in [3.63, 3.8) is 0 Å². The Balaban J connectivity index is 1.93. The van der Waals surface area contributed by atoms with Gasteiger partial charge in [-0.15, -0.1) is 0 Å². The smallest absolute Gasteiger partial charge is 0.265 e. The standard InChI is InChI=1S/C15H28F2N2O/c1-11(2)19-9-7-14(3,8-10-19)20-12-5-4-6-15(16,17)13(12)18/h11-13H,4-10,18H2,1-3H3/t12-,13+/m0/s1. The molecule has 2 rings (SSSR count). The molecule has 0 spiro atoms. The van der Waals surface area contributed by atoms with E-state index < -0.39 is 18.1 Å². The average Bonchev–Trinajstić information content (AvgIpc) is 2.35. The Morgan fingerprint density at radius 3 is 2.35 bits per heavy atom. The molecule has 2 atom stereocenters. The van der Waals surface area contributed by atoms with E-state index in [1.807, 2.05) is 6.92 Å². The van der Waals surface area contributed by atoms with Crippen LogP contribution in [0.4, 0.5) is 8.78 Å². The molecule has 0 radical (unpaired) electrons. The van der Waals surface area contributed by atoms with Crippen LogP contribution in [0.25, 0.3) is 0 Å². The quantitative estimate of drug-likeness (QED) is 0.868. The molecular formula is C15H28F2N2O. The second-order valence-corrected chi connectivity index (χ2v) is 6.91. The summed E-state index contributed by atoms with van der Waals surface area (Å²) in [5, 5.41) is 0. The zero-order chi connectivity index (χ0) is 15.0. The first-order valence-corrected chi connectivity index (χ1v) is 7.79. The summed E-state index contributed by atoms with van der Waals surface area (Å²) in [6.45, 7) is 8.34. The van der Waals surface area contributed by atoms with Crippen LogP contribution in [0.3, 0.4) is 0 Å². The van der Waals surface area contributed by atoms with Crippen LogP contribution in [0.15, 0.2) is 0 Å².